The Morgan fingerprint density at radius 2 is 1.95 bits per heavy atom. The van der Waals surface area contributed by atoms with Crippen molar-refractivity contribution in [3.05, 3.63) is 34.9 Å². The summed E-state index contributed by atoms with van der Waals surface area (Å²) < 4.78 is -2.28. The van der Waals surface area contributed by atoms with Gasteiger partial charge in [-0.15, -0.1) is 0 Å². The lowest BCUT2D eigenvalue weighted by molar-refractivity contribution is -0.127. The molecule has 0 bridgehead atoms. The lowest BCUT2D eigenvalue weighted by Crippen LogP contribution is -2.39. The van der Waals surface area contributed by atoms with Gasteiger partial charge in [-0.3, -0.25) is 14.9 Å². The highest BCUT2D eigenvalue weighted by atomic mass is 35.6. The largest absolute Gasteiger partial charge is 0.348 e. The van der Waals surface area contributed by atoms with Gasteiger partial charge in [0.25, 0.3) is 15.6 Å². The normalized spacial score (nSPS) is 15.5. The Balaban J connectivity index is 2.22. The quantitative estimate of drug-likeness (QED) is 0.456. The molecule has 1 aliphatic rings. The van der Waals surface area contributed by atoms with E-state index in [1.165, 1.54) is 11.8 Å². The number of imide groups is 1. The van der Waals surface area contributed by atoms with Crippen LogP contribution in [0.1, 0.15) is 0 Å². The monoisotopic (exact) mass is 361 g/mol. The van der Waals surface area contributed by atoms with Gasteiger partial charge in [0.15, 0.2) is 0 Å². The number of hydrogen-bond donors (Lipinski definition) is 2. The van der Waals surface area contributed by atoms with Crippen LogP contribution in [0.5, 0.6) is 0 Å². The topological polar surface area (TPSA) is 82.0 Å². The molecule has 1 aliphatic heterocycles. The number of hydrogen-bond acceptors (Lipinski definition) is 5. The molecule has 2 amide bonds. The first-order valence-corrected chi connectivity index (χ1v) is 7.38. The zero-order chi connectivity index (χ0) is 15.6. The summed E-state index contributed by atoms with van der Waals surface area (Å²) in [6, 6.07) is 9.01. The molecule has 108 valence electrons. The molecule has 0 radical (unpaired) electrons. The Hall–Kier alpha value is -1.39. The number of rotatable bonds is 1. The van der Waals surface area contributed by atoms with Gasteiger partial charge in [-0.2, -0.15) is 5.26 Å². The molecule has 0 spiro atoms. The Morgan fingerprint density at radius 3 is 2.52 bits per heavy atom. The predicted octanol–water partition coefficient (Wildman–Crippen LogP) is 2.95. The minimum Gasteiger partial charge on any atom is -0.348 e. The van der Waals surface area contributed by atoms with E-state index in [1.54, 1.807) is 12.1 Å². The van der Waals surface area contributed by atoms with E-state index in [4.69, 9.17) is 40.1 Å². The Morgan fingerprint density at radius 1 is 1.29 bits per heavy atom. The van der Waals surface area contributed by atoms with Crippen molar-refractivity contribution >= 4 is 64.1 Å². The molecule has 21 heavy (non-hydrogen) atoms. The zero-order valence-electron chi connectivity index (χ0n) is 10.1. The zero-order valence-corrected chi connectivity index (χ0v) is 13.2. The van der Waals surface area contributed by atoms with E-state index >= 15 is 0 Å². The third-order valence-electron chi connectivity index (χ3n) is 2.40. The maximum atomic E-state index is 11.9. The van der Waals surface area contributed by atoms with Gasteiger partial charge in [-0.1, -0.05) is 58.7 Å². The van der Waals surface area contributed by atoms with Crippen LogP contribution in [0.25, 0.3) is 0 Å². The molecule has 0 aliphatic carbocycles. The van der Waals surface area contributed by atoms with Crippen LogP contribution in [-0.2, 0) is 9.59 Å². The summed E-state index contributed by atoms with van der Waals surface area (Å²) >= 11 is 17.3. The lowest BCUT2D eigenvalue weighted by Gasteiger charge is -2.10. The number of amides is 2. The van der Waals surface area contributed by atoms with Crippen molar-refractivity contribution in [1.82, 2.24) is 5.32 Å². The number of halogens is 3. The average Bonchev–Trinajstić information content (AvgIpc) is 2.81. The summed E-state index contributed by atoms with van der Waals surface area (Å²) in [5.41, 5.74) is 0.504. The van der Waals surface area contributed by atoms with Crippen LogP contribution in [0.15, 0.2) is 39.8 Å². The van der Waals surface area contributed by atoms with Crippen molar-refractivity contribution in [3.63, 3.8) is 0 Å². The fourth-order valence-corrected chi connectivity index (χ4v) is 2.61. The second-order valence-corrected chi connectivity index (χ2v) is 7.15. The van der Waals surface area contributed by atoms with Gasteiger partial charge in [-0.05, 0) is 12.1 Å². The van der Waals surface area contributed by atoms with Crippen molar-refractivity contribution in [3.8, 4) is 6.07 Å². The van der Waals surface area contributed by atoms with Crippen molar-refractivity contribution in [2.75, 3.05) is 5.32 Å². The van der Waals surface area contributed by atoms with Crippen LogP contribution in [0.2, 0.25) is 0 Å². The minimum absolute atomic E-state index is 0.265. The predicted molar refractivity (Wildman–Crippen MR) is 82.0 cm³/mol. The van der Waals surface area contributed by atoms with Crippen molar-refractivity contribution in [2.24, 2.45) is 0 Å². The van der Waals surface area contributed by atoms with E-state index in [-0.39, 0.29) is 5.57 Å². The molecule has 0 saturated heterocycles. The summed E-state index contributed by atoms with van der Waals surface area (Å²) in [6.07, 6.45) is 0. The van der Waals surface area contributed by atoms with Gasteiger partial charge in [0.2, 0.25) is 0 Å². The summed E-state index contributed by atoms with van der Waals surface area (Å²) in [5, 5.41) is 14.2. The number of carbonyl (C=O) groups excluding carboxylic acids is 2. The van der Waals surface area contributed by atoms with Gasteiger partial charge in [0.1, 0.15) is 16.7 Å². The van der Waals surface area contributed by atoms with Crippen LogP contribution in [0.4, 0.5) is 5.69 Å². The molecule has 0 aromatic heterocycles. The maximum Gasteiger partial charge on any atom is 0.278 e. The van der Waals surface area contributed by atoms with E-state index in [0.717, 1.165) is 10.6 Å². The number of anilines is 1. The molecule has 1 aromatic rings. The Kier molecular flexibility index (Phi) is 4.69. The number of thioether (sulfide) groups is 1. The number of nitriles is 1. The Labute approximate surface area is 139 Å². The number of nitrogens with one attached hydrogen (secondary N) is 2. The van der Waals surface area contributed by atoms with Crippen molar-refractivity contribution in [1.29, 1.82) is 5.26 Å². The van der Waals surface area contributed by atoms with E-state index in [2.05, 4.69) is 5.32 Å². The summed E-state index contributed by atoms with van der Waals surface area (Å²) in [7, 11) is 0. The molecular weight excluding hydrogens is 357 g/mol. The standard InChI is InChI=1S/C12H6Cl3N3O2S/c13-12(14,15)11(20)18-9(19)6(5-16)10-17-7-3-1-2-4-8(7)21-10/h1-4,17H,(H,18,19,20)/b10-6+. The van der Waals surface area contributed by atoms with Crippen LogP contribution < -0.4 is 10.6 Å². The summed E-state index contributed by atoms with van der Waals surface area (Å²) in [4.78, 5) is 24.2. The van der Waals surface area contributed by atoms with E-state index < -0.39 is 15.6 Å². The number of benzene rings is 1. The number of alkyl halides is 3. The van der Waals surface area contributed by atoms with Gasteiger partial charge >= 0.3 is 0 Å². The molecule has 0 saturated carbocycles. The van der Waals surface area contributed by atoms with E-state index in [9.17, 15) is 9.59 Å². The van der Waals surface area contributed by atoms with Gasteiger partial charge in [0, 0.05) is 4.90 Å². The molecule has 1 heterocycles. The molecular formula is C12H6Cl3N3O2S. The van der Waals surface area contributed by atoms with Crippen molar-refractivity contribution in [2.45, 2.75) is 8.69 Å². The average molecular weight is 363 g/mol. The third kappa shape index (κ3) is 3.63. The van der Waals surface area contributed by atoms with Crippen LogP contribution in [-0.4, -0.2) is 15.6 Å². The second kappa shape index (κ2) is 6.16. The highest BCUT2D eigenvalue weighted by molar-refractivity contribution is 8.03. The first kappa shape index (κ1) is 16.0. The fraction of sp³-hybridized carbons (Fsp3) is 0.0833. The van der Waals surface area contributed by atoms with Crippen LogP contribution in [0, 0.1) is 11.3 Å². The highest BCUT2D eigenvalue weighted by Crippen LogP contribution is 2.41. The maximum absolute atomic E-state index is 11.9. The van der Waals surface area contributed by atoms with Gasteiger partial charge in [0.05, 0.1) is 5.69 Å². The van der Waals surface area contributed by atoms with Crippen molar-refractivity contribution < 1.29 is 9.59 Å². The first-order valence-electron chi connectivity index (χ1n) is 5.43. The molecule has 0 fully saturated rings. The fourth-order valence-electron chi connectivity index (χ4n) is 1.47. The highest BCUT2D eigenvalue weighted by Gasteiger charge is 2.33. The smallest absolute Gasteiger partial charge is 0.278 e. The number of nitrogens with zero attached hydrogens (tertiary/aromatic N) is 1. The molecule has 5 nitrogen and oxygen atoms in total. The lowest BCUT2D eigenvalue weighted by atomic mass is 10.3. The van der Waals surface area contributed by atoms with Gasteiger partial charge in [-0.25, -0.2) is 0 Å². The first-order chi connectivity index (χ1) is 9.82. The molecule has 1 aromatic carbocycles. The van der Waals surface area contributed by atoms with Crippen LogP contribution >= 0.6 is 46.6 Å². The van der Waals surface area contributed by atoms with E-state index in [0.29, 0.717) is 5.03 Å². The SMILES string of the molecule is N#C/C(C(=O)NC(=O)C(Cl)(Cl)Cl)=C1/Nc2ccccc2S1. The minimum atomic E-state index is -2.28. The molecule has 2 N–H and O–H groups in total. The second-order valence-electron chi connectivity index (χ2n) is 3.82. The molecule has 9 heteroatoms. The number of carbonyl (C=O) groups is 2. The van der Waals surface area contributed by atoms with E-state index in [1.807, 2.05) is 23.5 Å². The molecule has 0 atom stereocenters. The molecule has 2 rings (SSSR count). The summed E-state index contributed by atoms with van der Waals surface area (Å²) in [5.74, 6) is -2.05. The summed E-state index contributed by atoms with van der Waals surface area (Å²) in [6.45, 7) is 0. The Bertz CT molecular complexity index is 665. The van der Waals surface area contributed by atoms with Gasteiger partial charge < -0.3 is 5.32 Å². The third-order valence-corrected chi connectivity index (χ3v) is 4.00. The number of fused-ring (bicyclic) bond motifs is 1. The molecule has 0 unspecified atom stereocenters. The van der Waals surface area contributed by atoms with Crippen LogP contribution in [0.3, 0.4) is 0 Å². The number of para-hydroxylation sites is 1.